The highest BCUT2D eigenvalue weighted by Crippen LogP contribution is 2.27. The monoisotopic (exact) mass is 237 g/mol. The van der Waals surface area contributed by atoms with Gasteiger partial charge in [0.15, 0.2) is 0 Å². The summed E-state index contributed by atoms with van der Waals surface area (Å²) >= 11 is 0. The van der Waals surface area contributed by atoms with Gasteiger partial charge in [-0.2, -0.15) is 0 Å². The summed E-state index contributed by atoms with van der Waals surface area (Å²) in [6.45, 7) is 3.73. The molecule has 0 unspecified atom stereocenters. The Morgan fingerprint density at radius 1 is 1.18 bits per heavy atom. The van der Waals surface area contributed by atoms with Gasteiger partial charge in [-0.25, -0.2) is 9.59 Å². The van der Waals surface area contributed by atoms with Crippen LogP contribution in [0.5, 0.6) is 0 Å². The third-order valence-electron chi connectivity index (χ3n) is 2.75. The lowest BCUT2D eigenvalue weighted by Crippen LogP contribution is -2.15. The number of nitrogens with two attached hydrogens (primary N) is 1. The van der Waals surface area contributed by atoms with Crippen molar-refractivity contribution in [2.24, 2.45) is 0 Å². The Hall–Kier alpha value is -2.04. The van der Waals surface area contributed by atoms with Crippen LogP contribution in [-0.4, -0.2) is 22.2 Å². The van der Waals surface area contributed by atoms with E-state index in [1.165, 1.54) is 6.07 Å². The van der Waals surface area contributed by atoms with E-state index in [1.807, 2.05) is 13.8 Å². The Labute approximate surface area is 98.9 Å². The number of anilines is 1. The number of carboxylic acid groups (broad SMARTS) is 2. The van der Waals surface area contributed by atoms with E-state index in [0.717, 1.165) is 11.1 Å². The van der Waals surface area contributed by atoms with Crippen LogP contribution in [0, 0.1) is 0 Å². The molecule has 0 aromatic heterocycles. The first kappa shape index (κ1) is 13.0. The summed E-state index contributed by atoms with van der Waals surface area (Å²) in [6.07, 6.45) is 1.20. The summed E-state index contributed by atoms with van der Waals surface area (Å²) in [6, 6.07) is 1.40. The predicted molar refractivity (Wildman–Crippen MR) is 63.5 cm³/mol. The molecule has 0 amide bonds. The van der Waals surface area contributed by atoms with Crippen LogP contribution >= 0.6 is 0 Å². The van der Waals surface area contributed by atoms with Crippen LogP contribution in [0.4, 0.5) is 5.69 Å². The van der Waals surface area contributed by atoms with Crippen LogP contribution in [0.1, 0.15) is 45.7 Å². The van der Waals surface area contributed by atoms with Crippen LogP contribution in [0.15, 0.2) is 6.07 Å². The van der Waals surface area contributed by atoms with E-state index in [1.54, 1.807) is 0 Å². The van der Waals surface area contributed by atoms with Gasteiger partial charge in [0, 0.05) is 0 Å². The van der Waals surface area contributed by atoms with Crippen LogP contribution in [0.25, 0.3) is 0 Å². The molecule has 0 aliphatic carbocycles. The van der Waals surface area contributed by atoms with E-state index in [9.17, 15) is 9.59 Å². The Bertz CT molecular complexity index is 480. The smallest absolute Gasteiger partial charge is 0.338 e. The average Bonchev–Trinajstić information content (AvgIpc) is 2.26. The molecule has 1 aromatic carbocycles. The van der Waals surface area contributed by atoms with Crippen molar-refractivity contribution in [2.75, 3.05) is 5.73 Å². The summed E-state index contributed by atoms with van der Waals surface area (Å²) in [5, 5.41) is 18.0. The molecule has 0 aliphatic heterocycles. The van der Waals surface area contributed by atoms with Crippen molar-refractivity contribution in [3.63, 3.8) is 0 Å². The van der Waals surface area contributed by atoms with Crippen molar-refractivity contribution in [3.05, 3.63) is 28.3 Å². The third kappa shape index (κ3) is 2.22. The molecule has 1 aromatic rings. The average molecular weight is 237 g/mol. The highest BCUT2D eigenvalue weighted by atomic mass is 16.4. The summed E-state index contributed by atoms with van der Waals surface area (Å²) in [5.41, 5.74) is 6.77. The molecule has 1 rings (SSSR count). The summed E-state index contributed by atoms with van der Waals surface area (Å²) in [7, 11) is 0. The van der Waals surface area contributed by atoms with Gasteiger partial charge in [-0.3, -0.25) is 0 Å². The first-order valence-electron chi connectivity index (χ1n) is 5.34. The molecule has 0 spiro atoms. The second kappa shape index (κ2) is 4.86. The highest BCUT2D eigenvalue weighted by Gasteiger charge is 2.23. The standard InChI is InChI=1S/C12H15NO4/c1-3-6-5-8(11(14)15)9(12(16)17)10(13)7(6)4-2/h5H,3-4,13H2,1-2H3,(H,14,15)(H,16,17). The quantitative estimate of drug-likeness (QED) is 0.693. The minimum Gasteiger partial charge on any atom is -0.478 e. The second-order valence-electron chi connectivity index (χ2n) is 3.67. The topological polar surface area (TPSA) is 101 Å². The zero-order chi connectivity index (χ0) is 13.2. The minimum atomic E-state index is -1.31. The van der Waals surface area contributed by atoms with Crippen molar-refractivity contribution < 1.29 is 19.8 Å². The first-order chi connectivity index (χ1) is 7.93. The molecule has 0 aliphatic rings. The van der Waals surface area contributed by atoms with Crippen LogP contribution in [0.2, 0.25) is 0 Å². The van der Waals surface area contributed by atoms with Gasteiger partial charge in [0.25, 0.3) is 0 Å². The highest BCUT2D eigenvalue weighted by molar-refractivity contribution is 6.06. The maximum Gasteiger partial charge on any atom is 0.338 e. The lowest BCUT2D eigenvalue weighted by molar-refractivity contribution is 0.0652. The summed E-state index contributed by atoms with van der Waals surface area (Å²) < 4.78 is 0. The van der Waals surface area contributed by atoms with E-state index in [2.05, 4.69) is 0 Å². The third-order valence-corrected chi connectivity index (χ3v) is 2.75. The van der Waals surface area contributed by atoms with Crippen molar-refractivity contribution in [1.29, 1.82) is 0 Å². The van der Waals surface area contributed by atoms with Gasteiger partial charge in [0.1, 0.15) is 0 Å². The van der Waals surface area contributed by atoms with Crippen molar-refractivity contribution in [2.45, 2.75) is 26.7 Å². The number of carbonyl (C=O) groups is 2. The zero-order valence-electron chi connectivity index (χ0n) is 9.78. The number of rotatable bonds is 4. The Balaban J connectivity index is 3.67. The second-order valence-corrected chi connectivity index (χ2v) is 3.67. The van der Waals surface area contributed by atoms with E-state index in [0.29, 0.717) is 12.8 Å². The van der Waals surface area contributed by atoms with Crippen LogP contribution in [0.3, 0.4) is 0 Å². The van der Waals surface area contributed by atoms with Crippen LogP contribution in [-0.2, 0) is 12.8 Å². The molecule has 0 fully saturated rings. The molecule has 0 bridgehead atoms. The fraction of sp³-hybridized carbons (Fsp3) is 0.333. The first-order valence-corrected chi connectivity index (χ1v) is 5.34. The molecule has 92 valence electrons. The number of aromatic carboxylic acids is 2. The van der Waals surface area contributed by atoms with E-state index < -0.39 is 11.9 Å². The summed E-state index contributed by atoms with van der Waals surface area (Å²) in [5.74, 6) is -2.58. The number of hydrogen-bond donors (Lipinski definition) is 3. The molecule has 0 saturated heterocycles. The van der Waals surface area contributed by atoms with Gasteiger partial charge in [-0.05, 0) is 30.0 Å². The Kier molecular flexibility index (Phi) is 3.73. The fourth-order valence-corrected chi connectivity index (χ4v) is 1.93. The van der Waals surface area contributed by atoms with Crippen LogP contribution < -0.4 is 5.73 Å². The van der Waals surface area contributed by atoms with Gasteiger partial charge < -0.3 is 15.9 Å². The van der Waals surface area contributed by atoms with Crippen molar-refractivity contribution >= 4 is 17.6 Å². The molecule has 5 heteroatoms. The van der Waals surface area contributed by atoms with Gasteiger partial charge in [0.2, 0.25) is 0 Å². The van der Waals surface area contributed by atoms with Gasteiger partial charge in [-0.1, -0.05) is 13.8 Å². The molecule has 0 atom stereocenters. The maximum absolute atomic E-state index is 11.1. The minimum absolute atomic E-state index is 0.0664. The number of aryl methyl sites for hydroxylation is 1. The Morgan fingerprint density at radius 3 is 2.12 bits per heavy atom. The largest absolute Gasteiger partial charge is 0.478 e. The number of benzene rings is 1. The molecular formula is C12H15NO4. The summed E-state index contributed by atoms with van der Waals surface area (Å²) in [4.78, 5) is 22.1. The van der Waals surface area contributed by atoms with Crippen molar-refractivity contribution in [3.8, 4) is 0 Å². The maximum atomic E-state index is 11.1. The molecule has 0 radical (unpaired) electrons. The molecule has 4 N–H and O–H groups in total. The normalized spacial score (nSPS) is 10.2. The number of hydrogen-bond acceptors (Lipinski definition) is 3. The molecule has 5 nitrogen and oxygen atoms in total. The lowest BCUT2D eigenvalue weighted by Gasteiger charge is -2.14. The van der Waals surface area contributed by atoms with Gasteiger partial charge in [-0.15, -0.1) is 0 Å². The van der Waals surface area contributed by atoms with Crippen molar-refractivity contribution in [1.82, 2.24) is 0 Å². The number of nitrogen functional groups attached to an aromatic ring is 1. The Morgan fingerprint density at radius 2 is 1.76 bits per heavy atom. The zero-order valence-corrected chi connectivity index (χ0v) is 9.78. The van der Waals surface area contributed by atoms with Gasteiger partial charge >= 0.3 is 11.9 Å². The molecule has 0 saturated carbocycles. The van der Waals surface area contributed by atoms with E-state index >= 15 is 0 Å². The fourth-order valence-electron chi connectivity index (χ4n) is 1.93. The SMILES string of the molecule is CCc1cc(C(=O)O)c(C(=O)O)c(N)c1CC. The van der Waals surface area contributed by atoms with E-state index in [-0.39, 0.29) is 16.8 Å². The molecular weight excluding hydrogens is 222 g/mol. The number of carboxylic acids is 2. The van der Waals surface area contributed by atoms with E-state index in [4.69, 9.17) is 15.9 Å². The molecule has 0 heterocycles. The lowest BCUT2D eigenvalue weighted by atomic mass is 9.93. The molecule has 17 heavy (non-hydrogen) atoms. The predicted octanol–water partition coefficient (Wildman–Crippen LogP) is 1.79. The van der Waals surface area contributed by atoms with Gasteiger partial charge in [0.05, 0.1) is 16.8 Å².